The summed E-state index contributed by atoms with van der Waals surface area (Å²) in [6.07, 6.45) is 4.12. The van der Waals surface area contributed by atoms with E-state index in [-0.39, 0.29) is 0 Å². The Hall–Kier alpha value is -1.09. The number of anilines is 1. The largest absolute Gasteiger partial charge is 0.356 e. The Kier molecular flexibility index (Phi) is 3.44. The molecule has 2 heterocycles. The first-order valence-corrected chi connectivity index (χ1v) is 6.14. The van der Waals surface area contributed by atoms with Gasteiger partial charge < -0.3 is 10.6 Å². The van der Waals surface area contributed by atoms with Crippen LogP contribution in [0.3, 0.4) is 0 Å². The predicted molar refractivity (Wildman–Crippen MR) is 67.6 cm³/mol. The van der Waals surface area contributed by atoms with Crippen LogP contribution in [0.15, 0.2) is 18.3 Å². The summed E-state index contributed by atoms with van der Waals surface area (Å²) in [5, 5.41) is 0. The van der Waals surface area contributed by atoms with Gasteiger partial charge in [-0.3, -0.25) is 0 Å². The molecule has 1 aliphatic heterocycles. The van der Waals surface area contributed by atoms with Crippen molar-refractivity contribution >= 4 is 5.82 Å². The maximum atomic E-state index is 6.11. The zero-order valence-corrected chi connectivity index (χ0v) is 10.2. The molecule has 1 aromatic rings. The lowest BCUT2D eigenvalue weighted by atomic mass is 9.91. The zero-order chi connectivity index (χ0) is 11.5. The van der Waals surface area contributed by atoms with Crippen molar-refractivity contribution in [3.8, 4) is 0 Å². The number of pyridine rings is 1. The normalized spacial score (nSPS) is 25.8. The SMILES string of the molecule is CCC1CN(c2cc(C)ccn2)CCC1N. The maximum absolute atomic E-state index is 6.11. The lowest BCUT2D eigenvalue weighted by Crippen LogP contribution is -2.47. The number of aromatic nitrogens is 1. The minimum Gasteiger partial charge on any atom is -0.356 e. The van der Waals surface area contributed by atoms with E-state index in [2.05, 4.69) is 29.8 Å². The third kappa shape index (κ3) is 2.35. The second-order valence-corrected chi connectivity index (χ2v) is 4.76. The van der Waals surface area contributed by atoms with E-state index >= 15 is 0 Å². The van der Waals surface area contributed by atoms with Gasteiger partial charge in [0.05, 0.1) is 0 Å². The molecule has 2 unspecified atom stereocenters. The molecule has 1 fully saturated rings. The van der Waals surface area contributed by atoms with Gasteiger partial charge in [-0.05, 0) is 37.0 Å². The van der Waals surface area contributed by atoms with Gasteiger partial charge in [0, 0.05) is 25.3 Å². The first kappa shape index (κ1) is 11.4. The fourth-order valence-electron chi connectivity index (χ4n) is 2.38. The Morgan fingerprint density at radius 3 is 3.06 bits per heavy atom. The monoisotopic (exact) mass is 219 g/mol. The van der Waals surface area contributed by atoms with Crippen LogP contribution in [-0.4, -0.2) is 24.1 Å². The van der Waals surface area contributed by atoms with Gasteiger partial charge in [0.25, 0.3) is 0 Å². The Morgan fingerprint density at radius 1 is 1.56 bits per heavy atom. The van der Waals surface area contributed by atoms with E-state index in [1.165, 1.54) is 5.56 Å². The number of aryl methyl sites for hydroxylation is 1. The molecule has 0 bridgehead atoms. The average molecular weight is 219 g/mol. The third-order valence-electron chi connectivity index (χ3n) is 3.54. The Balaban J connectivity index is 2.11. The van der Waals surface area contributed by atoms with E-state index in [1.807, 2.05) is 12.3 Å². The smallest absolute Gasteiger partial charge is 0.128 e. The summed E-state index contributed by atoms with van der Waals surface area (Å²) in [4.78, 5) is 6.81. The van der Waals surface area contributed by atoms with Crippen LogP contribution in [0.5, 0.6) is 0 Å². The van der Waals surface area contributed by atoms with E-state index in [9.17, 15) is 0 Å². The van der Waals surface area contributed by atoms with Crippen LogP contribution >= 0.6 is 0 Å². The first-order chi connectivity index (χ1) is 7.70. The number of piperidine rings is 1. The number of hydrogen-bond donors (Lipinski definition) is 1. The van der Waals surface area contributed by atoms with E-state index in [1.54, 1.807) is 0 Å². The van der Waals surface area contributed by atoms with Crippen LogP contribution in [0.1, 0.15) is 25.3 Å². The number of nitrogens with two attached hydrogens (primary N) is 1. The molecule has 16 heavy (non-hydrogen) atoms. The van der Waals surface area contributed by atoms with Crippen LogP contribution in [0.2, 0.25) is 0 Å². The van der Waals surface area contributed by atoms with Gasteiger partial charge in [-0.25, -0.2) is 4.98 Å². The van der Waals surface area contributed by atoms with Crippen molar-refractivity contribution < 1.29 is 0 Å². The molecule has 2 rings (SSSR count). The molecule has 3 heteroatoms. The minimum absolute atomic E-state index is 0.367. The van der Waals surface area contributed by atoms with Gasteiger partial charge >= 0.3 is 0 Å². The van der Waals surface area contributed by atoms with Crippen molar-refractivity contribution in [2.45, 2.75) is 32.7 Å². The van der Waals surface area contributed by atoms with Crippen LogP contribution in [0.25, 0.3) is 0 Å². The lowest BCUT2D eigenvalue weighted by molar-refractivity contribution is 0.347. The molecule has 0 aliphatic carbocycles. The summed E-state index contributed by atoms with van der Waals surface area (Å²) >= 11 is 0. The Bertz CT molecular complexity index is 351. The molecular weight excluding hydrogens is 198 g/mol. The van der Waals surface area contributed by atoms with E-state index in [0.29, 0.717) is 12.0 Å². The molecule has 0 aromatic carbocycles. The number of nitrogens with zero attached hydrogens (tertiary/aromatic N) is 2. The molecule has 1 saturated heterocycles. The average Bonchev–Trinajstić information content (AvgIpc) is 2.29. The van der Waals surface area contributed by atoms with E-state index < -0.39 is 0 Å². The van der Waals surface area contributed by atoms with Crippen molar-refractivity contribution in [2.75, 3.05) is 18.0 Å². The van der Waals surface area contributed by atoms with Crippen LogP contribution in [-0.2, 0) is 0 Å². The van der Waals surface area contributed by atoms with Crippen molar-refractivity contribution in [3.05, 3.63) is 23.9 Å². The molecule has 1 aliphatic rings. The van der Waals surface area contributed by atoms with Gasteiger partial charge in [0.1, 0.15) is 5.82 Å². The molecular formula is C13H21N3. The minimum atomic E-state index is 0.367. The topological polar surface area (TPSA) is 42.2 Å². The molecule has 2 atom stereocenters. The highest BCUT2D eigenvalue weighted by Gasteiger charge is 2.25. The maximum Gasteiger partial charge on any atom is 0.128 e. The standard InChI is InChI=1S/C13H21N3/c1-3-11-9-16(7-5-12(11)14)13-8-10(2)4-6-15-13/h4,6,8,11-12H,3,5,7,9,14H2,1-2H3. The number of hydrogen-bond acceptors (Lipinski definition) is 3. The molecule has 0 saturated carbocycles. The summed E-state index contributed by atoms with van der Waals surface area (Å²) in [7, 11) is 0. The van der Waals surface area contributed by atoms with Crippen molar-refractivity contribution in [3.63, 3.8) is 0 Å². The molecule has 88 valence electrons. The van der Waals surface area contributed by atoms with Crippen LogP contribution in [0, 0.1) is 12.8 Å². The van der Waals surface area contributed by atoms with Crippen molar-refractivity contribution in [1.82, 2.24) is 4.98 Å². The lowest BCUT2D eigenvalue weighted by Gasteiger charge is -2.37. The second-order valence-electron chi connectivity index (χ2n) is 4.76. The summed E-state index contributed by atoms with van der Waals surface area (Å²) in [6, 6.07) is 4.56. The van der Waals surface area contributed by atoms with Gasteiger partial charge in [-0.15, -0.1) is 0 Å². The summed E-state index contributed by atoms with van der Waals surface area (Å²) in [5.41, 5.74) is 7.38. The van der Waals surface area contributed by atoms with Gasteiger partial charge in [-0.2, -0.15) is 0 Å². The molecule has 1 aromatic heterocycles. The van der Waals surface area contributed by atoms with Crippen molar-refractivity contribution in [1.29, 1.82) is 0 Å². The quantitative estimate of drug-likeness (QED) is 0.826. The van der Waals surface area contributed by atoms with Gasteiger partial charge in [-0.1, -0.05) is 13.3 Å². The highest BCUT2D eigenvalue weighted by atomic mass is 15.2. The fraction of sp³-hybridized carbons (Fsp3) is 0.615. The molecule has 3 nitrogen and oxygen atoms in total. The fourth-order valence-corrected chi connectivity index (χ4v) is 2.38. The third-order valence-corrected chi connectivity index (χ3v) is 3.54. The van der Waals surface area contributed by atoms with Crippen LogP contribution < -0.4 is 10.6 Å². The summed E-state index contributed by atoms with van der Waals surface area (Å²) in [6.45, 7) is 6.41. The Labute approximate surface area is 97.7 Å². The van der Waals surface area contributed by atoms with Gasteiger partial charge in [0.2, 0.25) is 0 Å². The molecule has 2 N–H and O–H groups in total. The predicted octanol–water partition coefficient (Wildman–Crippen LogP) is 1.95. The van der Waals surface area contributed by atoms with Crippen LogP contribution in [0.4, 0.5) is 5.82 Å². The number of rotatable bonds is 2. The molecule has 0 spiro atoms. The van der Waals surface area contributed by atoms with Gasteiger partial charge in [0.15, 0.2) is 0 Å². The van der Waals surface area contributed by atoms with E-state index in [4.69, 9.17) is 5.73 Å². The second kappa shape index (κ2) is 4.83. The Morgan fingerprint density at radius 2 is 2.38 bits per heavy atom. The first-order valence-electron chi connectivity index (χ1n) is 6.14. The highest BCUT2D eigenvalue weighted by Crippen LogP contribution is 2.23. The molecule has 0 radical (unpaired) electrons. The van der Waals surface area contributed by atoms with E-state index in [0.717, 1.165) is 31.7 Å². The highest BCUT2D eigenvalue weighted by molar-refractivity contribution is 5.41. The molecule has 0 amide bonds. The summed E-state index contributed by atoms with van der Waals surface area (Å²) in [5.74, 6) is 1.71. The summed E-state index contributed by atoms with van der Waals surface area (Å²) < 4.78 is 0. The zero-order valence-electron chi connectivity index (χ0n) is 10.2. The van der Waals surface area contributed by atoms with Crippen molar-refractivity contribution in [2.24, 2.45) is 11.7 Å².